The smallest absolute Gasteiger partial charge is 0.174 e. The summed E-state index contributed by atoms with van der Waals surface area (Å²) in [6, 6.07) is 5.79. The van der Waals surface area contributed by atoms with E-state index < -0.39 is 0 Å². The molecule has 0 spiro atoms. The van der Waals surface area contributed by atoms with Crippen LogP contribution >= 0.6 is 39.2 Å². The molecular weight excluding hydrogens is 308 g/mol. The molecule has 2 aromatic rings. The van der Waals surface area contributed by atoms with Crippen molar-refractivity contribution in [2.75, 3.05) is 0 Å². The van der Waals surface area contributed by atoms with Gasteiger partial charge < -0.3 is 5.11 Å². The van der Waals surface area contributed by atoms with Gasteiger partial charge >= 0.3 is 0 Å². The van der Waals surface area contributed by atoms with E-state index in [1.54, 1.807) is 11.8 Å². The summed E-state index contributed by atoms with van der Waals surface area (Å²) in [7, 11) is 0. The molecule has 0 amide bonds. The summed E-state index contributed by atoms with van der Waals surface area (Å²) in [6.07, 6.45) is 0. The number of benzene rings is 1. The van der Waals surface area contributed by atoms with Crippen molar-refractivity contribution < 1.29 is 5.11 Å². The Morgan fingerprint density at radius 2 is 2.31 bits per heavy atom. The second-order valence-electron chi connectivity index (χ2n) is 3.13. The number of aliphatic hydroxyl groups is 1. The first kappa shape index (κ1) is 12.0. The number of aryl methyl sites for hydroxylation is 1. The number of rotatable bonds is 3. The van der Waals surface area contributed by atoms with Gasteiger partial charge in [-0.2, -0.15) is 4.37 Å². The summed E-state index contributed by atoms with van der Waals surface area (Å²) in [5, 5.41) is 9.00. The highest BCUT2D eigenvalue weighted by atomic mass is 79.9. The number of nitrogens with zero attached hydrogens (tertiary/aromatic N) is 2. The zero-order chi connectivity index (χ0) is 11.5. The summed E-state index contributed by atoms with van der Waals surface area (Å²) in [6.45, 7) is 1.94. The van der Waals surface area contributed by atoms with E-state index in [1.165, 1.54) is 11.5 Å². The standard InChI is InChI=1S/C10H9BrN2OS2/c1-6-12-10(16-13-6)15-9-3-2-7(5-14)4-8(9)11/h2-4,14H,5H2,1H3. The minimum absolute atomic E-state index is 0.0570. The van der Waals surface area contributed by atoms with Gasteiger partial charge in [-0.05, 0) is 52.1 Å². The number of hydrogen-bond acceptors (Lipinski definition) is 5. The fourth-order valence-electron chi connectivity index (χ4n) is 1.14. The largest absolute Gasteiger partial charge is 0.392 e. The van der Waals surface area contributed by atoms with Gasteiger partial charge in [0.2, 0.25) is 0 Å². The third-order valence-electron chi connectivity index (χ3n) is 1.89. The van der Waals surface area contributed by atoms with Crippen molar-refractivity contribution >= 4 is 39.2 Å². The molecule has 0 bridgehead atoms. The van der Waals surface area contributed by atoms with Crippen molar-refractivity contribution in [3.8, 4) is 0 Å². The highest BCUT2D eigenvalue weighted by Crippen LogP contribution is 2.34. The fourth-order valence-corrected chi connectivity index (χ4v) is 3.42. The lowest BCUT2D eigenvalue weighted by molar-refractivity contribution is 0.281. The minimum atomic E-state index is 0.0570. The Kier molecular flexibility index (Phi) is 3.96. The molecule has 1 aromatic heterocycles. The van der Waals surface area contributed by atoms with E-state index >= 15 is 0 Å². The third kappa shape index (κ3) is 2.82. The molecule has 3 nitrogen and oxygen atoms in total. The summed E-state index contributed by atoms with van der Waals surface area (Å²) in [4.78, 5) is 5.37. The predicted molar refractivity (Wildman–Crippen MR) is 68.8 cm³/mol. The fraction of sp³-hybridized carbons (Fsp3) is 0.200. The van der Waals surface area contributed by atoms with Crippen LogP contribution < -0.4 is 0 Å². The van der Waals surface area contributed by atoms with E-state index in [0.717, 1.165) is 25.1 Å². The number of halogens is 1. The van der Waals surface area contributed by atoms with Gasteiger partial charge in [-0.1, -0.05) is 17.8 Å². The first-order valence-electron chi connectivity index (χ1n) is 4.56. The summed E-state index contributed by atoms with van der Waals surface area (Å²) in [5.41, 5.74) is 0.893. The number of aromatic nitrogens is 2. The summed E-state index contributed by atoms with van der Waals surface area (Å²) < 4.78 is 6.03. The van der Waals surface area contributed by atoms with E-state index in [0.29, 0.717) is 0 Å². The van der Waals surface area contributed by atoms with Crippen LogP contribution in [0.3, 0.4) is 0 Å². The molecule has 6 heteroatoms. The molecule has 84 valence electrons. The number of hydrogen-bond donors (Lipinski definition) is 1. The SMILES string of the molecule is Cc1nsc(Sc2ccc(CO)cc2Br)n1. The van der Waals surface area contributed by atoms with Crippen molar-refractivity contribution in [1.29, 1.82) is 0 Å². The van der Waals surface area contributed by atoms with Gasteiger partial charge in [0.25, 0.3) is 0 Å². The predicted octanol–water partition coefficient (Wildman–Crippen LogP) is 3.25. The van der Waals surface area contributed by atoms with Crippen LogP contribution in [-0.4, -0.2) is 14.5 Å². The molecule has 0 saturated carbocycles. The molecule has 1 heterocycles. The monoisotopic (exact) mass is 316 g/mol. The topological polar surface area (TPSA) is 46.0 Å². The van der Waals surface area contributed by atoms with Gasteiger partial charge in [-0.15, -0.1) is 0 Å². The first-order valence-corrected chi connectivity index (χ1v) is 6.95. The van der Waals surface area contributed by atoms with E-state index in [-0.39, 0.29) is 6.61 Å². The summed E-state index contributed by atoms with van der Waals surface area (Å²) in [5.74, 6) is 0.801. The maximum atomic E-state index is 9.00. The van der Waals surface area contributed by atoms with E-state index in [2.05, 4.69) is 25.3 Å². The van der Waals surface area contributed by atoms with Crippen LogP contribution in [0, 0.1) is 6.92 Å². The lowest BCUT2D eigenvalue weighted by atomic mass is 10.2. The molecule has 0 aliphatic rings. The van der Waals surface area contributed by atoms with Crippen molar-refractivity contribution in [2.24, 2.45) is 0 Å². The van der Waals surface area contributed by atoms with Crippen LogP contribution in [0.4, 0.5) is 0 Å². The zero-order valence-corrected chi connectivity index (χ0v) is 11.7. The Hall–Kier alpha value is -0.430. The third-order valence-corrected chi connectivity index (χ3v) is 4.72. The molecule has 0 saturated heterocycles. The Morgan fingerprint density at radius 3 is 2.88 bits per heavy atom. The van der Waals surface area contributed by atoms with E-state index in [1.807, 2.05) is 25.1 Å². The minimum Gasteiger partial charge on any atom is -0.392 e. The van der Waals surface area contributed by atoms with Crippen LogP contribution in [0.1, 0.15) is 11.4 Å². The average Bonchev–Trinajstić information content (AvgIpc) is 2.67. The van der Waals surface area contributed by atoms with Crippen LogP contribution in [0.15, 0.2) is 31.9 Å². The van der Waals surface area contributed by atoms with Crippen LogP contribution in [-0.2, 0) is 6.61 Å². The van der Waals surface area contributed by atoms with Gasteiger partial charge in [0.15, 0.2) is 4.34 Å². The van der Waals surface area contributed by atoms with Gasteiger partial charge in [0, 0.05) is 9.37 Å². The quantitative estimate of drug-likeness (QED) is 0.944. The van der Waals surface area contributed by atoms with Gasteiger partial charge in [-0.3, -0.25) is 0 Å². The Morgan fingerprint density at radius 1 is 1.50 bits per heavy atom. The van der Waals surface area contributed by atoms with Crippen molar-refractivity contribution in [3.63, 3.8) is 0 Å². The Balaban J connectivity index is 2.21. The molecule has 0 aliphatic heterocycles. The van der Waals surface area contributed by atoms with Gasteiger partial charge in [-0.25, -0.2) is 4.98 Å². The maximum Gasteiger partial charge on any atom is 0.174 e. The number of aliphatic hydroxyl groups excluding tert-OH is 1. The van der Waals surface area contributed by atoms with E-state index in [4.69, 9.17) is 5.11 Å². The zero-order valence-electron chi connectivity index (χ0n) is 8.48. The second-order valence-corrected chi connectivity index (χ2v) is 6.03. The normalized spacial score (nSPS) is 10.7. The molecule has 0 radical (unpaired) electrons. The molecule has 1 N–H and O–H groups in total. The van der Waals surface area contributed by atoms with Crippen molar-refractivity contribution in [3.05, 3.63) is 34.1 Å². The molecular formula is C10H9BrN2OS2. The van der Waals surface area contributed by atoms with Crippen LogP contribution in [0.25, 0.3) is 0 Å². The van der Waals surface area contributed by atoms with Gasteiger partial charge in [0.1, 0.15) is 5.82 Å². The summed E-state index contributed by atoms with van der Waals surface area (Å²) >= 11 is 6.44. The lowest BCUT2D eigenvalue weighted by Crippen LogP contribution is -1.84. The maximum absolute atomic E-state index is 9.00. The molecule has 0 aliphatic carbocycles. The second kappa shape index (κ2) is 5.27. The van der Waals surface area contributed by atoms with Crippen LogP contribution in [0.5, 0.6) is 0 Å². The lowest BCUT2D eigenvalue weighted by Gasteiger charge is -2.03. The molecule has 1 aromatic carbocycles. The Labute approximate surface area is 110 Å². The molecule has 2 rings (SSSR count). The molecule has 0 fully saturated rings. The molecule has 16 heavy (non-hydrogen) atoms. The highest BCUT2D eigenvalue weighted by Gasteiger charge is 2.07. The van der Waals surface area contributed by atoms with Gasteiger partial charge in [0.05, 0.1) is 6.61 Å². The average molecular weight is 317 g/mol. The van der Waals surface area contributed by atoms with Crippen molar-refractivity contribution in [1.82, 2.24) is 9.36 Å². The van der Waals surface area contributed by atoms with Crippen LogP contribution in [0.2, 0.25) is 0 Å². The molecule has 0 unspecified atom stereocenters. The highest BCUT2D eigenvalue weighted by molar-refractivity contribution is 9.10. The van der Waals surface area contributed by atoms with E-state index in [9.17, 15) is 0 Å². The van der Waals surface area contributed by atoms with Crippen molar-refractivity contribution in [2.45, 2.75) is 22.8 Å². The first-order chi connectivity index (χ1) is 7.69. The Bertz CT molecular complexity index is 501. The molecule has 0 atom stereocenters.